The van der Waals surface area contributed by atoms with E-state index in [9.17, 15) is 0 Å². The van der Waals surface area contributed by atoms with Crippen LogP contribution in [0.3, 0.4) is 0 Å². The quantitative estimate of drug-likeness (QED) is 0.843. The zero-order valence-corrected chi connectivity index (χ0v) is 10.8. The molecule has 0 bridgehead atoms. The van der Waals surface area contributed by atoms with E-state index in [1.165, 1.54) is 18.4 Å². The van der Waals surface area contributed by atoms with Crippen molar-refractivity contribution in [3.05, 3.63) is 28.4 Å². The van der Waals surface area contributed by atoms with Crippen LogP contribution in [-0.4, -0.2) is 16.7 Å². The maximum absolute atomic E-state index is 4.40. The smallest absolute Gasteiger partial charge is 0.108 e. The molecular formula is C12H14BrN3. The van der Waals surface area contributed by atoms with Crippen LogP contribution in [0.5, 0.6) is 0 Å². The van der Waals surface area contributed by atoms with E-state index in [2.05, 4.69) is 56.6 Å². The standard InChI is InChI=1S/C12H14BrN3/c1-12(6-3-7-14-12)9-5-2-4-8-10(9)15-16-11(8)13/h2,4-5,14H,3,6-7H2,1H3,(H,15,16). The van der Waals surface area contributed by atoms with Crippen LogP contribution >= 0.6 is 15.9 Å². The molecule has 3 rings (SSSR count). The summed E-state index contributed by atoms with van der Waals surface area (Å²) in [5.74, 6) is 0. The first-order chi connectivity index (χ1) is 7.71. The van der Waals surface area contributed by atoms with Gasteiger partial charge >= 0.3 is 0 Å². The lowest BCUT2D eigenvalue weighted by molar-refractivity contribution is 0.438. The number of rotatable bonds is 1. The number of halogens is 1. The van der Waals surface area contributed by atoms with Gasteiger partial charge in [0.25, 0.3) is 0 Å². The second kappa shape index (κ2) is 3.57. The zero-order chi connectivity index (χ0) is 11.2. The molecule has 1 aromatic carbocycles. The molecule has 0 aliphatic carbocycles. The number of aromatic nitrogens is 2. The number of para-hydroxylation sites is 1. The summed E-state index contributed by atoms with van der Waals surface area (Å²) in [6, 6.07) is 6.36. The maximum atomic E-state index is 4.40. The van der Waals surface area contributed by atoms with Gasteiger partial charge in [0.1, 0.15) is 4.60 Å². The molecule has 3 nitrogen and oxygen atoms in total. The van der Waals surface area contributed by atoms with Crippen LogP contribution in [0.4, 0.5) is 0 Å². The van der Waals surface area contributed by atoms with Gasteiger partial charge in [-0.15, -0.1) is 0 Å². The third-order valence-corrected chi connectivity index (χ3v) is 4.11. The molecule has 1 aliphatic rings. The lowest BCUT2D eigenvalue weighted by atomic mass is 9.89. The van der Waals surface area contributed by atoms with E-state index in [1.807, 2.05) is 0 Å². The summed E-state index contributed by atoms with van der Waals surface area (Å²) < 4.78 is 0.964. The molecule has 1 aromatic heterocycles. The molecule has 0 amide bonds. The third-order valence-electron chi connectivity index (χ3n) is 3.50. The Balaban J connectivity index is 2.23. The van der Waals surface area contributed by atoms with Gasteiger partial charge in [-0.1, -0.05) is 18.2 Å². The van der Waals surface area contributed by atoms with Crippen molar-refractivity contribution < 1.29 is 0 Å². The monoisotopic (exact) mass is 279 g/mol. The lowest BCUT2D eigenvalue weighted by Crippen LogP contribution is -2.33. The van der Waals surface area contributed by atoms with Gasteiger partial charge in [0, 0.05) is 16.5 Å². The van der Waals surface area contributed by atoms with Crippen molar-refractivity contribution in [3.63, 3.8) is 0 Å². The Bertz CT molecular complexity index is 526. The van der Waals surface area contributed by atoms with E-state index in [0.29, 0.717) is 0 Å². The molecule has 2 heterocycles. The molecule has 1 saturated heterocycles. The van der Waals surface area contributed by atoms with Gasteiger partial charge in [0.05, 0.1) is 5.52 Å². The lowest BCUT2D eigenvalue weighted by Gasteiger charge is -2.25. The number of hydrogen-bond acceptors (Lipinski definition) is 2. The number of hydrogen-bond donors (Lipinski definition) is 2. The fourth-order valence-electron chi connectivity index (χ4n) is 2.58. The number of aromatic amines is 1. The van der Waals surface area contributed by atoms with Gasteiger partial charge < -0.3 is 5.32 Å². The largest absolute Gasteiger partial charge is 0.308 e. The van der Waals surface area contributed by atoms with Gasteiger partial charge in [-0.25, -0.2) is 0 Å². The van der Waals surface area contributed by atoms with E-state index in [4.69, 9.17) is 0 Å². The van der Waals surface area contributed by atoms with Crippen molar-refractivity contribution in [2.75, 3.05) is 6.54 Å². The van der Waals surface area contributed by atoms with E-state index >= 15 is 0 Å². The second-order valence-electron chi connectivity index (χ2n) is 4.60. The van der Waals surface area contributed by atoms with Crippen LogP contribution in [0.1, 0.15) is 25.3 Å². The van der Waals surface area contributed by atoms with Gasteiger partial charge in [-0.3, -0.25) is 5.10 Å². The van der Waals surface area contributed by atoms with Crippen molar-refractivity contribution in [2.45, 2.75) is 25.3 Å². The maximum Gasteiger partial charge on any atom is 0.108 e. The number of H-pyrrole nitrogens is 1. The first kappa shape index (κ1) is 10.3. The number of nitrogens with one attached hydrogen (secondary N) is 2. The van der Waals surface area contributed by atoms with Gasteiger partial charge in [-0.05, 0) is 42.2 Å². The molecule has 0 saturated carbocycles. The Labute approximate surface area is 103 Å². The minimum Gasteiger partial charge on any atom is -0.308 e. The van der Waals surface area contributed by atoms with Crippen molar-refractivity contribution >= 4 is 26.8 Å². The first-order valence-corrected chi connectivity index (χ1v) is 6.38. The van der Waals surface area contributed by atoms with Crippen LogP contribution in [0.2, 0.25) is 0 Å². The van der Waals surface area contributed by atoms with Gasteiger partial charge in [0.15, 0.2) is 0 Å². The van der Waals surface area contributed by atoms with E-state index in [0.717, 1.165) is 22.1 Å². The van der Waals surface area contributed by atoms with Crippen LogP contribution in [0, 0.1) is 0 Å². The SMILES string of the molecule is CC1(c2cccc3c(Br)[nH]nc23)CCCN1. The number of fused-ring (bicyclic) bond motifs is 1. The summed E-state index contributed by atoms with van der Waals surface area (Å²) in [7, 11) is 0. The van der Waals surface area contributed by atoms with Crippen LogP contribution in [0.15, 0.2) is 22.8 Å². The fourth-order valence-corrected chi connectivity index (χ4v) is 2.98. The number of nitrogens with zero attached hydrogens (tertiary/aromatic N) is 1. The zero-order valence-electron chi connectivity index (χ0n) is 9.18. The van der Waals surface area contributed by atoms with Crippen molar-refractivity contribution in [1.82, 2.24) is 15.5 Å². The Morgan fingerprint density at radius 1 is 1.44 bits per heavy atom. The highest BCUT2D eigenvalue weighted by Gasteiger charge is 2.32. The topological polar surface area (TPSA) is 40.7 Å². The minimum absolute atomic E-state index is 0.0775. The molecule has 0 spiro atoms. The van der Waals surface area contributed by atoms with Crippen LogP contribution in [-0.2, 0) is 5.54 Å². The highest BCUT2D eigenvalue weighted by Crippen LogP contribution is 2.35. The molecule has 4 heteroatoms. The second-order valence-corrected chi connectivity index (χ2v) is 5.39. The highest BCUT2D eigenvalue weighted by atomic mass is 79.9. The normalized spacial score (nSPS) is 25.4. The Morgan fingerprint density at radius 2 is 2.31 bits per heavy atom. The van der Waals surface area contributed by atoms with Gasteiger partial charge in [-0.2, -0.15) is 5.10 Å². The highest BCUT2D eigenvalue weighted by molar-refractivity contribution is 9.10. The average molecular weight is 280 g/mol. The predicted molar refractivity (Wildman–Crippen MR) is 68.4 cm³/mol. The Morgan fingerprint density at radius 3 is 3.06 bits per heavy atom. The molecule has 1 unspecified atom stereocenters. The summed E-state index contributed by atoms with van der Waals surface area (Å²) in [5, 5.41) is 12.1. The first-order valence-electron chi connectivity index (χ1n) is 5.59. The minimum atomic E-state index is 0.0775. The third kappa shape index (κ3) is 1.40. The van der Waals surface area contributed by atoms with E-state index in [1.54, 1.807) is 0 Å². The molecular weight excluding hydrogens is 266 g/mol. The molecule has 0 radical (unpaired) electrons. The molecule has 1 aliphatic heterocycles. The van der Waals surface area contributed by atoms with Crippen molar-refractivity contribution in [3.8, 4) is 0 Å². The number of benzene rings is 1. The summed E-state index contributed by atoms with van der Waals surface area (Å²) in [6.07, 6.45) is 2.41. The Kier molecular flexibility index (Phi) is 2.30. The molecule has 2 aromatic rings. The predicted octanol–water partition coefficient (Wildman–Crippen LogP) is 2.92. The molecule has 84 valence electrons. The summed E-state index contributed by atoms with van der Waals surface area (Å²) in [5.41, 5.74) is 2.45. The average Bonchev–Trinajstić information content (AvgIpc) is 2.87. The van der Waals surface area contributed by atoms with Crippen molar-refractivity contribution in [1.29, 1.82) is 0 Å². The van der Waals surface area contributed by atoms with Crippen molar-refractivity contribution in [2.24, 2.45) is 0 Å². The van der Waals surface area contributed by atoms with Crippen LogP contribution < -0.4 is 5.32 Å². The molecule has 16 heavy (non-hydrogen) atoms. The summed E-state index contributed by atoms with van der Waals surface area (Å²) >= 11 is 3.49. The van der Waals surface area contributed by atoms with E-state index < -0.39 is 0 Å². The Hall–Kier alpha value is -0.870. The molecule has 1 fully saturated rings. The van der Waals surface area contributed by atoms with E-state index in [-0.39, 0.29) is 5.54 Å². The summed E-state index contributed by atoms with van der Waals surface area (Å²) in [6.45, 7) is 3.36. The van der Waals surface area contributed by atoms with Crippen LogP contribution in [0.25, 0.3) is 10.9 Å². The molecule has 2 N–H and O–H groups in total. The molecule has 1 atom stereocenters. The summed E-state index contributed by atoms with van der Waals surface area (Å²) in [4.78, 5) is 0. The fraction of sp³-hybridized carbons (Fsp3) is 0.417. The van der Waals surface area contributed by atoms with Gasteiger partial charge in [0.2, 0.25) is 0 Å².